The van der Waals surface area contributed by atoms with E-state index in [9.17, 15) is 0 Å². The highest BCUT2D eigenvalue weighted by atomic mass is 16.5. The van der Waals surface area contributed by atoms with Gasteiger partial charge in [-0.1, -0.05) is 31.2 Å². The van der Waals surface area contributed by atoms with Gasteiger partial charge in [-0.2, -0.15) is 0 Å². The van der Waals surface area contributed by atoms with E-state index in [1.807, 2.05) is 24.5 Å². The van der Waals surface area contributed by atoms with E-state index >= 15 is 0 Å². The minimum atomic E-state index is 0.382. The van der Waals surface area contributed by atoms with Gasteiger partial charge in [0.2, 0.25) is 0 Å². The maximum Gasteiger partial charge on any atom is 0.122 e. The first-order valence-corrected chi connectivity index (χ1v) is 7.22. The molecule has 1 N–H and O–H groups in total. The van der Waals surface area contributed by atoms with Gasteiger partial charge in [0.15, 0.2) is 0 Å². The van der Waals surface area contributed by atoms with Crippen LogP contribution in [0.15, 0.2) is 48.8 Å². The van der Waals surface area contributed by atoms with E-state index in [1.54, 1.807) is 0 Å². The first-order valence-electron chi connectivity index (χ1n) is 7.22. The maximum atomic E-state index is 5.82. The Morgan fingerprint density at radius 2 is 2.20 bits per heavy atom. The van der Waals surface area contributed by atoms with Crippen LogP contribution in [0.25, 0.3) is 0 Å². The minimum absolute atomic E-state index is 0.382. The van der Waals surface area contributed by atoms with Crippen LogP contribution in [0.5, 0.6) is 5.75 Å². The number of pyridine rings is 1. The fraction of sp³-hybridized carbons (Fsp3) is 0.353. The number of nitrogens with one attached hydrogen (secondary N) is 1. The van der Waals surface area contributed by atoms with Crippen molar-refractivity contribution in [2.45, 2.75) is 25.3 Å². The molecule has 0 spiro atoms. The molecule has 3 rings (SSSR count). The number of fused-ring (bicyclic) bond motifs is 1. The van der Waals surface area contributed by atoms with E-state index in [0.29, 0.717) is 12.0 Å². The van der Waals surface area contributed by atoms with E-state index in [2.05, 4.69) is 41.5 Å². The molecule has 0 amide bonds. The highest BCUT2D eigenvalue weighted by Crippen LogP contribution is 2.36. The van der Waals surface area contributed by atoms with Crippen LogP contribution in [0.2, 0.25) is 0 Å². The van der Waals surface area contributed by atoms with E-state index in [4.69, 9.17) is 4.74 Å². The van der Waals surface area contributed by atoms with Crippen LogP contribution < -0.4 is 10.1 Å². The van der Waals surface area contributed by atoms with Crippen molar-refractivity contribution in [3.63, 3.8) is 0 Å². The number of para-hydroxylation sites is 1. The van der Waals surface area contributed by atoms with Crippen LogP contribution in [0.3, 0.4) is 0 Å². The van der Waals surface area contributed by atoms with E-state index in [1.165, 1.54) is 11.1 Å². The predicted molar refractivity (Wildman–Crippen MR) is 80.1 cm³/mol. The van der Waals surface area contributed by atoms with Crippen molar-refractivity contribution < 1.29 is 4.74 Å². The molecule has 0 radical (unpaired) electrons. The summed E-state index contributed by atoms with van der Waals surface area (Å²) >= 11 is 0. The van der Waals surface area contributed by atoms with E-state index in [-0.39, 0.29) is 0 Å². The third-order valence-electron chi connectivity index (χ3n) is 3.87. The standard InChI is InChI=1S/C17H20N2O/c1-2-19-16(10-13-6-5-9-18-11-13)15-12-20-17-8-4-3-7-14(15)17/h3-9,11,15-16,19H,2,10,12H2,1H3. The van der Waals surface area contributed by atoms with Crippen molar-refractivity contribution in [2.24, 2.45) is 0 Å². The average Bonchev–Trinajstić information content (AvgIpc) is 2.92. The Kier molecular flexibility index (Phi) is 3.97. The molecule has 1 aliphatic heterocycles. The second kappa shape index (κ2) is 6.06. The third kappa shape index (κ3) is 2.68. The molecular weight excluding hydrogens is 248 g/mol. The van der Waals surface area contributed by atoms with Crippen molar-refractivity contribution in [1.29, 1.82) is 0 Å². The van der Waals surface area contributed by atoms with Crippen molar-refractivity contribution in [3.8, 4) is 5.75 Å². The van der Waals surface area contributed by atoms with Crippen molar-refractivity contribution in [2.75, 3.05) is 13.2 Å². The number of ether oxygens (including phenoxy) is 1. The molecule has 0 bridgehead atoms. The summed E-state index contributed by atoms with van der Waals surface area (Å²) in [6.07, 6.45) is 4.75. The molecule has 20 heavy (non-hydrogen) atoms. The summed E-state index contributed by atoms with van der Waals surface area (Å²) in [7, 11) is 0. The van der Waals surface area contributed by atoms with Gasteiger partial charge in [0.1, 0.15) is 5.75 Å². The molecule has 3 nitrogen and oxygen atoms in total. The van der Waals surface area contributed by atoms with Crippen LogP contribution in [0.1, 0.15) is 24.0 Å². The first-order chi connectivity index (χ1) is 9.88. The molecule has 1 aromatic carbocycles. The van der Waals surface area contributed by atoms with Crippen molar-refractivity contribution in [1.82, 2.24) is 10.3 Å². The van der Waals surface area contributed by atoms with Crippen LogP contribution in [-0.4, -0.2) is 24.2 Å². The van der Waals surface area contributed by atoms with Gasteiger partial charge in [-0.3, -0.25) is 4.98 Å². The lowest BCUT2D eigenvalue weighted by Gasteiger charge is -2.23. The number of nitrogens with zero attached hydrogens (tertiary/aromatic N) is 1. The Morgan fingerprint density at radius 3 is 3.00 bits per heavy atom. The van der Waals surface area contributed by atoms with Gasteiger partial charge in [0.25, 0.3) is 0 Å². The number of hydrogen-bond donors (Lipinski definition) is 1. The first kappa shape index (κ1) is 13.1. The fourth-order valence-corrected chi connectivity index (χ4v) is 2.91. The summed E-state index contributed by atoms with van der Waals surface area (Å²) in [6.45, 7) is 3.87. The summed E-state index contributed by atoms with van der Waals surface area (Å²) in [5, 5.41) is 3.61. The molecule has 104 valence electrons. The second-order valence-electron chi connectivity index (χ2n) is 5.18. The molecule has 2 aromatic rings. The molecular formula is C17H20N2O. The zero-order valence-electron chi connectivity index (χ0n) is 11.8. The van der Waals surface area contributed by atoms with E-state index < -0.39 is 0 Å². The average molecular weight is 268 g/mol. The van der Waals surface area contributed by atoms with Gasteiger partial charge in [-0.25, -0.2) is 0 Å². The Bertz CT molecular complexity index is 556. The Morgan fingerprint density at radius 1 is 1.30 bits per heavy atom. The van der Waals surface area contributed by atoms with Crippen LogP contribution in [-0.2, 0) is 6.42 Å². The predicted octanol–water partition coefficient (Wildman–Crippen LogP) is 2.78. The number of hydrogen-bond acceptors (Lipinski definition) is 3. The summed E-state index contributed by atoms with van der Waals surface area (Å²) in [5.74, 6) is 1.44. The molecule has 1 aromatic heterocycles. The number of rotatable bonds is 5. The molecule has 0 saturated carbocycles. The summed E-state index contributed by atoms with van der Waals surface area (Å²) in [6, 6.07) is 12.9. The highest BCUT2D eigenvalue weighted by Gasteiger charge is 2.30. The molecule has 2 unspecified atom stereocenters. The Balaban J connectivity index is 1.81. The fourth-order valence-electron chi connectivity index (χ4n) is 2.91. The van der Waals surface area contributed by atoms with Gasteiger partial charge in [0.05, 0.1) is 6.61 Å². The molecule has 0 aliphatic carbocycles. The number of likely N-dealkylation sites (N-methyl/N-ethyl adjacent to an activating group) is 1. The van der Waals surface area contributed by atoms with Gasteiger partial charge in [-0.15, -0.1) is 0 Å². The van der Waals surface area contributed by atoms with Crippen molar-refractivity contribution >= 4 is 0 Å². The number of benzene rings is 1. The summed E-state index contributed by atoms with van der Waals surface area (Å²) < 4.78 is 5.82. The third-order valence-corrected chi connectivity index (χ3v) is 3.87. The second-order valence-corrected chi connectivity index (χ2v) is 5.18. The van der Waals surface area contributed by atoms with Gasteiger partial charge in [-0.05, 0) is 30.7 Å². The lowest BCUT2D eigenvalue weighted by molar-refractivity contribution is 0.298. The summed E-state index contributed by atoms with van der Waals surface area (Å²) in [5.41, 5.74) is 2.59. The zero-order chi connectivity index (χ0) is 13.8. The van der Waals surface area contributed by atoms with E-state index in [0.717, 1.165) is 25.3 Å². The van der Waals surface area contributed by atoms with Crippen LogP contribution in [0, 0.1) is 0 Å². The quantitative estimate of drug-likeness (QED) is 0.905. The molecule has 0 saturated heterocycles. The van der Waals surface area contributed by atoms with Crippen molar-refractivity contribution in [3.05, 3.63) is 59.9 Å². The molecule has 2 heterocycles. The lowest BCUT2D eigenvalue weighted by Crippen LogP contribution is -2.37. The van der Waals surface area contributed by atoms with Gasteiger partial charge >= 0.3 is 0 Å². The molecule has 1 aliphatic rings. The SMILES string of the molecule is CCNC(Cc1cccnc1)C1COc2ccccc21. The lowest BCUT2D eigenvalue weighted by atomic mass is 9.89. The molecule has 3 heteroatoms. The smallest absolute Gasteiger partial charge is 0.122 e. The maximum absolute atomic E-state index is 5.82. The topological polar surface area (TPSA) is 34.2 Å². The van der Waals surface area contributed by atoms with Gasteiger partial charge in [0, 0.05) is 29.9 Å². The highest BCUT2D eigenvalue weighted by molar-refractivity contribution is 5.40. The van der Waals surface area contributed by atoms with Gasteiger partial charge < -0.3 is 10.1 Å². The van der Waals surface area contributed by atoms with Crippen LogP contribution in [0.4, 0.5) is 0 Å². The monoisotopic (exact) mass is 268 g/mol. The Hall–Kier alpha value is -1.87. The minimum Gasteiger partial charge on any atom is -0.493 e. The molecule has 0 fully saturated rings. The molecule has 2 atom stereocenters. The Labute approximate surface area is 120 Å². The largest absolute Gasteiger partial charge is 0.493 e. The van der Waals surface area contributed by atoms with Crippen LogP contribution >= 0.6 is 0 Å². The normalized spacial score (nSPS) is 18.4. The summed E-state index contributed by atoms with van der Waals surface area (Å²) in [4.78, 5) is 4.21. The number of aromatic nitrogens is 1. The zero-order valence-corrected chi connectivity index (χ0v) is 11.8.